The molecule has 4 aromatic heterocycles. The Morgan fingerprint density at radius 3 is 1.25 bits per heavy atom. The summed E-state index contributed by atoms with van der Waals surface area (Å²) in [5.41, 5.74) is 29.6. The summed E-state index contributed by atoms with van der Waals surface area (Å²) in [5, 5.41) is 8.82. The number of benzene rings is 16. The fraction of sp³-hybridized carbons (Fsp3) is 0.0600. The van der Waals surface area contributed by atoms with Gasteiger partial charge < -0.3 is 23.1 Å². The molecule has 16 aromatic carbocycles. The minimum Gasteiger partial charge on any atom is -0.456 e. The second-order valence-electron chi connectivity index (χ2n) is 30.0. The third-order valence-corrected chi connectivity index (χ3v) is 24.3. The van der Waals surface area contributed by atoms with Gasteiger partial charge in [0.05, 0.1) is 0 Å². The zero-order valence-electron chi connectivity index (χ0n) is 59.6. The van der Waals surface area contributed by atoms with Gasteiger partial charge in [-0.05, 0) is 228 Å². The van der Waals surface area contributed by atoms with Crippen LogP contribution in [-0.4, -0.2) is 9.97 Å². The highest BCUT2D eigenvalue weighted by Gasteiger charge is 2.38. The number of rotatable bonds is 11. The Kier molecular flexibility index (Phi) is 13.5. The van der Waals surface area contributed by atoms with E-state index in [9.17, 15) is 0 Å². The number of oxazole rings is 2. The van der Waals surface area contributed by atoms with E-state index in [0.717, 1.165) is 144 Å². The molecule has 0 atom stereocenters. The monoisotopic (exact) mass is 1400 g/mol. The number of anilines is 6. The van der Waals surface area contributed by atoms with Gasteiger partial charge in [-0.3, -0.25) is 0 Å². The predicted octanol–water partition coefficient (Wildman–Crippen LogP) is 28.4. The van der Waals surface area contributed by atoms with Crippen LogP contribution in [0.4, 0.5) is 34.1 Å². The van der Waals surface area contributed by atoms with Crippen molar-refractivity contribution in [1.29, 1.82) is 0 Å². The van der Waals surface area contributed by atoms with Gasteiger partial charge in [-0.1, -0.05) is 216 Å². The molecule has 0 amide bonds. The molecule has 20 aromatic rings. The lowest BCUT2D eigenvalue weighted by Gasteiger charge is -2.28. The van der Waals surface area contributed by atoms with E-state index in [1.54, 1.807) is 0 Å². The lowest BCUT2D eigenvalue weighted by atomic mass is 9.82. The maximum atomic E-state index is 6.93. The number of aromatic nitrogens is 2. The summed E-state index contributed by atoms with van der Waals surface area (Å²) in [6.45, 7) is 9.40. The summed E-state index contributed by atoms with van der Waals surface area (Å²) in [4.78, 5) is 15.2. The molecule has 0 radical (unpaired) electrons. The predicted molar refractivity (Wildman–Crippen MR) is 448 cm³/mol. The van der Waals surface area contributed by atoms with Crippen molar-refractivity contribution >= 4 is 131 Å². The lowest BCUT2D eigenvalue weighted by molar-refractivity contribution is 0.622. The van der Waals surface area contributed by atoms with Crippen LogP contribution < -0.4 is 9.80 Å². The van der Waals surface area contributed by atoms with Crippen molar-refractivity contribution in [2.45, 2.75) is 38.5 Å². The highest BCUT2D eigenvalue weighted by molar-refractivity contribution is 7.25. The molecular formula is C100H66N4O3S. The van der Waals surface area contributed by atoms with Crippen LogP contribution in [-0.2, 0) is 10.8 Å². The van der Waals surface area contributed by atoms with E-state index in [1.165, 1.54) is 64.7 Å². The first-order chi connectivity index (χ1) is 53.0. The van der Waals surface area contributed by atoms with Crippen molar-refractivity contribution in [2.75, 3.05) is 9.80 Å². The molecule has 108 heavy (non-hydrogen) atoms. The minimum absolute atomic E-state index is 0.156. The number of hydrogen-bond acceptors (Lipinski definition) is 8. The van der Waals surface area contributed by atoms with Gasteiger partial charge in [-0.25, -0.2) is 9.97 Å². The van der Waals surface area contributed by atoms with Crippen molar-refractivity contribution in [1.82, 2.24) is 9.97 Å². The van der Waals surface area contributed by atoms with E-state index in [2.05, 4.69) is 335 Å². The molecule has 0 spiro atoms. The molecule has 0 bridgehead atoms. The van der Waals surface area contributed by atoms with Crippen molar-refractivity contribution < 1.29 is 13.3 Å². The second-order valence-corrected chi connectivity index (χ2v) is 31.0. The zero-order chi connectivity index (χ0) is 71.7. The zero-order valence-corrected chi connectivity index (χ0v) is 60.4. The molecule has 0 N–H and O–H groups in total. The molecule has 0 saturated heterocycles. The van der Waals surface area contributed by atoms with E-state index in [0.29, 0.717) is 11.8 Å². The summed E-state index contributed by atoms with van der Waals surface area (Å²) in [6.07, 6.45) is 0. The van der Waals surface area contributed by atoms with Crippen LogP contribution in [0.2, 0.25) is 0 Å². The summed E-state index contributed by atoms with van der Waals surface area (Å²) >= 11 is 1.85. The molecule has 7 nitrogen and oxygen atoms in total. The van der Waals surface area contributed by atoms with Gasteiger partial charge in [0.15, 0.2) is 11.2 Å². The van der Waals surface area contributed by atoms with Gasteiger partial charge >= 0.3 is 0 Å². The van der Waals surface area contributed by atoms with Gasteiger partial charge in [0.2, 0.25) is 11.8 Å². The molecule has 510 valence electrons. The number of furan rings is 1. The largest absolute Gasteiger partial charge is 0.456 e. The van der Waals surface area contributed by atoms with Crippen molar-refractivity contribution in [3.8, 4) is 78.5 Å². The van der Waals surface area contributed by atoms with Crippen LogP contribution >= 0.6 is 11.3 Å². The fourth-order valence-corrected chi connectivity index (χ4v) is 18.8. The maximum absolute atomic E-state index is 6.93. The highest BCUT2D eigenvalue weighted by atomic mass is 32.1. The van der Waals surface area contributed by atoms with E-state index < -0.39 is 0 Å². The van der Waals surface area contributed by atoms with Crippen LogP contribution in [0.5, 0.6) is 0 Å². The summed E-state index contributed by atoms with van der Waals surface area (Å²) in [7, 11) is 0. The molecule has 0 fully saturated rings. The third-order valence-electron chi connectivity index (χ3n) is 23.1. The van der Waals surface area contributed by atoms with Gasteiger partial charge in [-0.15, -0.1) is 11.3 Å². The smallest absolute Gasteiger partial charge is 0.227 e. The normalized spacial score (nSPS) is 13.3. The third kappa shape index (κ3) is 9.59. The number of thiophene rings is 1. The Morgan fingerprint density at radius 2 is 0.657 bits per heavy atom. The fourth-order valence-electron chi connectivity index (χ4n) is 17.7. The van der Waals surface area contributed by atoms with Crippen LogP contribution in [0, 0.1) is 0 Å². The Bertz CT molecular complexity index is 7140. The lowest BCUT2D eigenvalue weighted by Crippen LogP contribution is -2.16. The van der Waals surface area contributed by atoms with E-state index >= 15 is 0 Å². The SMILES string of the molecule is CC1(C)c2ccccc2-c2ccc(N(c3ccc(-c4cc5nc(-c6ccccc6)oc5c5ccccc45)cc3)c3ccc4oc5ccc(-c6cccc(-c7nc8cc(-c9ccc(N(c%10ccc%11c(c%10)C(C)(C)c%10ccccc%10-%11)c%10ccc%11sc%12ccccc%12c%11c%10)cc9)c9ccccc9c8o7)c6)cc5c4c3)cc21. The molecule has 0 aliphatic heterocycles. The van der Waals surface area contributed by atoms with Crippen molar-refractivity contribution in [3.63, 3.8) is 0 Å². The standard InChI is InChI=1S/C100H66N4O3S/c1-99(2)85-30-15-12-25-73(85)75-46-42-69(55-87(75)99)103(65-38-33-59(34-39-65)80-57-89-95(78-28-10-8-23-71(78)80)106-97(101-89)61-19-6-5-7-20-61)67-44-49-92-83(53-67)82-52-63(37-48-91(82)105-92)62-21-18-22-64(51-62)98-102-90-58-81(72-24-9-11-29-79(72)96(90)107-98)60-35-40-66(41-36-60)104(68-45-50-94-84(54-68)77-27-14-17-32-93(77)108-94)70-43-47-76-74-26-13-16-31-86(74)100(3,4)88(76)56-70/h5-58H,1-4H3. The molecule has 4 heterocycles. The van der Waals surface area contributed by atoms with Crippen LogP contribution in [0.15, 0.2) is 341 Å². The van der Waals surface area contributed by atoms with E-state index in [4.69, 9.17) is 23.2 Å². The molecule has 2 aliphatic carbocycles. The maximum Gasteiger partial charge on any atom is 0.227 e. The quantitative estimate of drug-likeness (QED) is 0.128. The molecule has 8 heteroatoms. The topological polar surface area (TPSA) is 71.7 Å². The molecule has 0 saturated carbocycles. The second kappa shape index (κ2) is 23.6. The minimum atomic E-state index is -0.204. The first-order valence-electron chi connectivity index (χ1n) is 37.0. The van der Waals surface area contributed by atoms with Gasteiger partial charge in [-0.2, -0.15) is 0 Å². The van der Waals surface area contributed by atoms with E-state index in [-0.39, 0.29) is 10.8 Å². The summed E-state index contributed by atoms with van der Waals surface area (Å²) < 4.78 is 22.7. The highest BCUT2D eigenvalue weighted by Crippen LogP contribution is 2.54. The van der Waals surface area contributed by atoms with Gasteiger partial charge in [0.1, 0.15) is 22.2 Å². The average Bonchev–Trinajstić information content (AvgIpc) is 1.56. The van der Waals surface area contributed by atoms with Gasteiger partial charge in [0, 0.05) is 97.8 Å². The Balaban J connectivity index is 0.609. The van der Waals surface area contributed by atoms with Crippen molar-refractivity contribution in [2.24, 2.45) is 0 Å². The Morgan fingerprint density at radius 1 is 0.250 bits per heavy atom. The number of hydrogen-bond donors (Lipinski definition) is 0. The first kappa shape index (κ1) is 62.0. The van der Waals surface area contributed by atoms with Gasteiger partial charge in [0.25, 0.3) is 0 Å². The molecule has 2 aliphatic rings. The van der Waals surface area contributed by atoms with Crippen LogP contribution in [0.3, 0.4) is 0 Å². The molecular weight excluding hydrogens is 1340 g/mol. The summed E-state index contributed by atoms with van der Waals surface area (Å²) in [6, 6.07) is 119. The number of nitrogens with zero attached hydrogens (tertiary/aromatic N) is 4. The van der Waals surface area contributed by atoms with E-state index in [1.807, 2.05) is 41.7 Å². The first-order valence-corrected chi connectivity index (χ1v) is 37.8. The number of fused-ring (bicyclic) bond motifs is 18. The van der Waals surface area contributed by atoms with Crippen molar-refractivity contribution in [3.05, 3.63) is 350 Å². The Labute approximate surface area is 627 Å². The molecule has 0 unspecified atom stereocenters. The summed E-state index contributed by atoms with van der Waals surface area (Å²) in [5.74, 6) is 1.17. The Hall–Kier alpha value is -13.4. The molecule has 22 rings (SSSR count). The van der Waals surface area contributed by atoms with Crippen LogP contribution in [0.25, 0.3) is 164 Å². The van der Waals surface area contributed by atoms with Crippen LogP contribution in [0.1, 0.15) is 49.9 Å². The average molecular weight is 1400 g/mol.